The third-order valence-corrected chi connectivity index (χ3v) is 5.21. The molecule has 5 heteroatoms. The van der Waals surface area contributed by atoms with Crippen LogP contribution in [-0.4, -0.2) is 16.0 Å². The lowest BCUT2D eigenvalue weighted by Gasteiger charge is -2.31. The summed E-state index contributed by atoms with van der Waals surface area (Å²) in [5, 5.41) is 7.17. The maximum Gasteiger partial charge on any atom is 0.273 e. The maximum absolute atomic E-state index is 12.7. The number of rotatable bonds is 5. The van der Waals surface area contributed by atoms with E-state index >= 15 is 0 Å². The molecule has 1 unspecified atom stereocenters. The number of hydrogen-bond donors (Lipinski definition) is 1. The summed E-state index contributed by atoms with van der Waals surface area (Å²) < 4.78 is 5.32. The molecule has 0 aliphatic heterocycles. The van der Waals surface area contributed by atoms with Gasteiger partial charge in [0, 0.05) is 24.4 Å². The zero-order valence-electron chi connectivity index (χ0n) is 13.8. The normalized spacial score (nSPS) is 19.8. The zero-order chi connectivity index (χ0) is 16.4. The van der Waals surface area contributed by atoms with Gasteiger partial charge in [0.15, 0.2) is 5.69 Å². The van der Waals surface area contributed by atoms with E-state index < -0.39 is 0 Å². The van der Waals surface area contributed by atoms with Crippen LogP contribution >= 0.6 is 0 Å². The Morgan fingerprint density at radius 1 is 1.12 bits per heavy atom. The van der Waals surface area contributed by atoms with Gasteiger partial charge in [0.2, 0.25) is 0 Å². The van der Waals surface area contributed by atoms with Crippen LogP contribution in [0.25, 0.3) is 0 Å². The highest BCUT2D eigenvalue weighted by Crippen LogP contribution is 2.40. The Balaban J connectivity index is 1.52. The maximum atomic E-state index is 12.7. The summed E-state index contributed by atoms with van der Waals surface area (Å²) in [5.74, 6) is 1.64. The Morgan fingerprint density at radius 2 is 1.88 bits per heavy atom. The van der Waals surface area contributed by atoms with Crippen LogP contribution in [0.3, 0.4) is 0 Å². The largest absolute Gasteiger partial charge is 0.360 e. The number of hydrogen-bond acceptors (Lipinski definition) is 4. The lowest BCUT2D eigenvalue weighted by atomic mass is 9.81. The highest BCUT2D eigenvalue weighted by molar-refractivity contribution is 5.92. The molecule has 2 fully saturated rings. The van der Waals surface area contributed by atoms with Crippen LogP contribution in [0.15, 0.2) is 35.1 Å². The Bertz CT molecular complexity index is 688. The van der Waals surface area contributed by atoms with Gasteiger partial charge < -0.3 is 9.84 Å². The molecule has 2 aromatic rings. The lowest BCUT2D eigenvalue weighted by molar-refractivity contribution is 0.0903. The van der Waals surface area contributed by atoms with E-state index in [-0.39, 0.29) is 11.9 Å². The minimum absolute atomic E-state index is 0.0156. The molecule has 2 saturated carbocycles. The average Bonchev–Trinajstić information content (AvgIpc) is 3.38. The van der Waals surface area contributed by atoms with Crippen LogP contribution in [0.5, 0.6) is 0 Å². The first-order valence-corrected chi connectivity index (χ1v) is 8.98. The van der Waals surface area contributed by atoms with Crippen molar-refractivity contribution in [2.45, 2.75) is 56.9 Å². The second kappa shape index (κ2) is 6.75. The van der Waals surface area contributed by atoms with Crippen molar-refractivity contribution in [2.75, 3.05) is 0 Å². The van der Waals surface area contributed by atoms with Gasteiger partial charge in [-0.15, -0.1) is 0 Å². The fourth-order valence-corrected chi connectivity index (χ4v) is 3.68. The Hall–Kier alpha value is -2.17. The van der Waals surface area contributed by atoms with Gasteiger partial charge >= 0.3 is 0 Å². The SMILES string of the molecule is O=C(NC(c1ccncc1)C1CCCCC1)c1cc(C2CC2)on1. The smallest absolute Gasteiger partial charge is 0.273 e. The zero-order valence-corrected chi connectivity index (χ0v) is 13.8. The van der Waals surface area contributed by atoms with E-state index in [1.54, 1.807) is 18.5 Å². The topological polar surface area (TPSA) is 68.0 Å². The summed E-state index contributed by atoms with van der Waals surface area (Å²) in [6, 6.07) is 5.81. The monoisotopic (exact) mass is 325 g/mol. The number of pyridine rings is 1. The molecule has 4 rings (SSSR count). The summed E-state index contributed by atoms with van der Waals surface area (Å²) in [4.78, 5) is 16.8. The van der Waals surface area contributed by atoms with Crippen molar-refractivity contribution in [3.8, 4) is 0 Å². The van der Waals surface area contributed by atoms with Crippen molar-refractivity contribution in [1.29, 1.82) is 0 Å². The van der Waals surface area contributed by atoms with Crippen LogP contribution in [0.1, 0.15) is 78.7 Å². The fourth-order valence-electron chi connectivity index (χ4n) is 3.68. The van der Waals surface area contributed by atoms with Crippen molar-refractivity contribution in [2.24, 2.45) is 5.92 Å². The molecule has 2 heterocycles. The number of nitrogens with one attached hydrogen (secondary N) is 1. The number of carbonyl (C=O) groups excluding carboxylic acids is 1. The molecule has 0 bridgehead atoms. The van der Waals surface area contributed by atoms with Gasteiger partial charge in [-0.2, -0.15) is 0 Å². The van der Waals surface area contributed by atoms with Crippen LogP contribution < -0.4 is 5.32 Å². The number of amides is 1. The Labute approximate surface area is 141 Å². The summed E-state index contributed by atoms with van der Waals surface area (Å²) in [7, 11) is 0. The first-order chi connectivity index (χ1) is 11.8. The third kappa shape index (κ3) is 3.35. The van der Waals surface area contributed by atoms with Crippen molar-refractivity contribution in [3.63, 3.8) is 0 Å². The van der Waals surface area contributed by atoms with E-state index in [0.717, 1.165) is 37.0 Å². The van der Waals surface area contributed by atoms with Crippen molar-refractivity contribution in [1.82, 2.24) is 15.5 Å². The lowest BCUT2D eigenvalue weighted by Crippen LogP contribution is -2.34. The molecule has 1 amide bonds. The van der Waals surface area contributed by atoms with Crippen LogP contribution in [0.4, 0.5) is 0 Å². The van der Waals surface area contributed by atoms with Gasteiger partial charge in [0.05, 0.1) is 6.04 Å². The number of carbonyl (C=O) groups is 1. The van der Waals surface area contributed by atoms with E-state index in [0.29, 0.717) is 17.5 Å². The number of aromatic nitrogens is 2. The summed E-state index contributed by atoms with van der Waals surface area (Å²) in [6.45, 7) is 0. The van der Waals surface area contributed by atoms with E-state index in [1.807, 2.05) is 12.1 Å². The first-order valence-electron chi connectivity index (χ1n) is 8.98. The highest BCUT2D eigenvalue weighted by Gasteiger charge is 2.31. The predicted octanol–water partition coefficient (Wildman–Crippen LogP) is 4.00. The van der Waals surface area contributed by atoms with Crippen molar-refractivity contribution < 1.29 is 9.32 Å². The third-order valence-electron chi connectivity index (χ3n) is 5.21. The molecule has 2 aliphatic rings. The van der Waals surface area contributed by atoms with Crippen LogP contribution in [0, 0.1) is 5.92 Å². The molecule has 2 aromatic heterocycles. The van der Waals surface area contributed by atoms with Crippen molar-refractivity contribution in [3.05, 3.63) is 47.6 Å². The second-order valence-electron chi connectivity index (χ2n) is 7.02. The standard InChI is InChI=1S/C19H23N3O2/c23-19(16-12-17(24-22-16)13-6-7-13)21-18(14-4-2-1-3-5-14)15-8-10-20-11-9-15/h8-14,18H,1-7H2,(H,21,23). The Kier molecular flexibility index (Phi) is 4.32. The first kappa shape index (κ1) is 15.4. The molecule has 0 aromatic carbocycles. The molecule has 0 saturated heterocycles. The van der Waals surface area contributed by atoms with Crippen LogP contribution in [0.2, 0.25) is 0 Å². The number of nitrogens with zero attached hydrogens (tertiary/aromatic N) is 2. The molecule has 0 spiro atoms. The van der Waals surface area contributed by atoms with Gasteiger partial charge in [-0.3, -0.25) is 9.78 Å². The quantitative estimate of drug-likeness (QED) is 0.902. The van der Waals surface area contributed by atoms with Gasteiger partial charge in [0.25, 0.3) is 5.91 Å². The van der Waals surface area contributed by atoms with Crippen molar-refractivity contribution >= 4 is 5.91 Å². The highest BCUT2D eigenvalue weighted by atomic mass is 16.5. The fraction of sp³-hybridized carbons (Fsp3) is 0.526. The van der Waals surface area contributed by atoms with E-state index in [4.69, 9.17) is 4.52 Å². The second-order valence-corrected chi connectivity index (χ2v) is 7.02. The predicted molar refractivity (Wildman–Crippen MR) is 89.5 cm³/mol. The van der Waals surface area contributed by atoms with Gasteiger partial charge in [0.1, 0.15) is 5.76 Å². The molecule has 1 atom stereocenters. The van der Waals surface area contributed by atoms with E-state index in [1.165, 1.54) is 19.3 Å². The molecule has 0 radical (unpaired) electrons. The van der Waals surface area contributed by atoms with Gasteiger partial charge in [-0.25, -0.2) is 0 Å². The molecule has 2 aliphatic carbocycles. The summed E-state index contributed by atoms with van der Waals surface area (Å²) in [6.07, 6.45) is 11.9. The van der Waals surface area contributed by atoms with E-state index in [9.17, 15) is 4.79 Å². The summed E-state index contributed by atoms with van der Waals surface area (Å²) >= 11 is 0. The van der Waals surface area contributed by atoms with Gasteiger partial charge in [-0.1, -0.05) is 24.4 Å². The summed E-state index contributed by atoms with van der Waals surface area (Å²) in [5.41, 5.74) is 1.52. The van der Waals surface area contributed by atoms with Gasteiger partial charge in [-0.05, 0) is 49.3 Å². The minimum atomic E-state index is -0.141. The van der Waals surface area contributed by atoms with E-state index in [2.05, 4.69) is 15.5 Å². The molecular formula is C19H23N3O2. The van der Waals surface area contributed by atoms with Crippen LogP contribution in [-0.2, 0) is 0 Å². The molecule has 5 nitrogen and oxygen atoms in total. The average molecular weight is 325 g/mol. The molecular weight excluding hydrogens is 302 g/mol. The minimum Gasteiger partial charge on any atom is -0.360 e. The molecule has 126 valence electrons. The Morgan fingerprint density at radius 3 is 2.58 bits per heavy atom. The molecule has 1 N–H and O–H groups in total. The molecule has 24 heavy (non-hydrogen) atoms.